The number of carbonyl (C=O) groups excluding carboxylic acids is 1. The summed E-state index contributed by atoms with van der Waals surface area (Å²) in [6.45, 7) is 3.15. The van der Waals surface area contributed by atoms with Crippen molar-refractivity contribution in [2.45, 2.75) is 19.4 Å². The molecule has 2 aromatic heterocycles. The normalized spacial score (nSPS) is 17.2. The van der Waals surface area contributed by atoms with Gasteiger partial charge in [0.1, 0.15) is 11.9 Å². The van der Waals surface area contributed by atoms with Crippen LogP contribution in [0.1, 0.15) is 22.3 Å². The van der Waals surface area contributed by atoms with Crippen LogP contribution in [0.2, 0.25) is 0 Å². The maximum Gasteiger partial charge on any atom is 0.257 e. The Bertz CT molecular complexity index is 669. The summed E-state index contributed by atoms with van der Waals surface area (Å²) in [5.41, 5.74) is 1.39. The molecule has 1 aliphatic heterocycles. The van der Waals surface area contributed by atoms with Gasteiger partial charge in [-0.2, -0.15) is 0 Å². The first-order valence-electron chi connectivity index (χ1n) is 7.16. The summed E-state index contributed by atoms with van der Waals surface area (Å²) in [6, 6.07) is 6.99. The Balaban J connectivity index is 1.71. The number of aromatic nitrogens is 2. The molecule has 3 rings (SSSR count). The van der Waals surface area contributed by atoms with E-state index in [0.717, 1.165) is 12.0 Å². The summed E-state index contributed by atoms with van der Waals surface area (Å²) in [7, 11) is 0. The number of nitrogens with one attached hydrogen (secondary N) is 1. The lowest BCUT2D eigenvalue weighted by atomic mass is 10.2. The molecule has 1 saturated heterocycles. The maximum atomic E-state index is 12.3. The molecule has 2 aromatic rings. The molecule has 0 bridgehead atoms. The summed E-state index contributed by atoms with van der Waals surface area (Å²) in [5, 5.41) is 2.79. The molecule has 1 N–H and O–H groups in total. The van der Waals surface area contributed by atoms with Gasteiger partial charge in [-0.15, -0.1) is 0 Å². The Labute approximate surface area is 128 Å². The zero-order valence-electron chi connectivity index (χ0n) is 12.3. The molecule has 0 aliphatic carbocycles. The van der Waals surface area contributed by atoms with Gasteiger partial charge in [0.2, 0.25) is 5.88 Å². The Morgan fingerprint density at radius 3 is 3.05 bits per heavy atom. The van der Waals surface area contributed by atoms with E-state index in [-0.39, 0.29) is 12.0 Å². The minimum atomic E-state index is -0.239. The van der Waals surface area contributed by atoms with Crippen molar-refractivity contribution >= 4 is 11.7 Å². The van der Waals surface area contributed by atoms with Crippen LogP contribution in [0.4, 0.5) is 5.82 Å². The molecule has 1 amide bonds. The Hall–Kier alpha value is -2.47. The summed E-state index contributed by atoms with van der Waals surface area (Å²) in [4.78, 5) is 20.6. The first-order valence-corrected chi connectivity index (χ1v) is 7.16. The summed E-state index contributed by atoms with van der Waals surface area (Å²) < 4.78 is 11.0. The van der Waals surface area contributed by atoms with Crippen LogP contribution >= 0.6 is 0 Å². The van der Waals surface area contributed by atoms with Gasteiger partial charge in [0.05, 0.1) is 13.2 Å². The van der Waals surface area contributed by atoms with Gasteiger partial charge in [0.15, 0.2) is 0 Å². The lowest BCUT2D eigenvalue weighted by Gasteiger charge is -2.12. The van der Waals surface area contributed by atoms with E-state index in [9.17, 15) is 4.79 Å². The van der Waals surface area contributed by atoms with Gasteiger partial charge < -0.3 is 14.8 Å². The predicted octanol–water partition coefficient (Wildman–Crippen LogP) is 2.21. The number of carbonyl (C=O) groups is 1. The highest BCUT2D eigenvalue weighted by molar-refractivity contribution is 6.04. The molecule has 0 radical (unpaired) electrons. The monoisotopic (exact) mass is 299 g/mol. The molecule has 6 heteroatoms. The van der Waals surface area contributed by atoms with Crippen LogP contribution in [-0.4, -0.2) is 35.2 Å². The second kappa shape index (κ2) is 6.53. The highest BCUT2D eigenvalue weighted by Gasteiger charge is 2.18. The van der Waals surface area contributed by atoms with Crippen molar-refractivity contribution in [1.29, 1.82) is 0 Å². The van der Waals surface area contributed by atoms with E-state index >= 15 is 0 Å². The Morgan fingerprint density at radius 2 is 2.27 bits per heavy atom. The Morgan fingerprint density at radius 1 is 1.36 bits per heavy atom. The van der Waals surface area contributed by atoms with E-state index in [1.807, 2.05) is 19.1 Å². The van der Waals surface area contributed by atoms with Crippen LogP contribution in [0, 0.1) is 6.92 Å². The number of pyridine rings is 2. The number of hydrogen-bond acceptors (Lipinski definition) is 5. The van der Waals surface area contributed by atoms with Crippen molar-refractivity contribution in [2.24, 2.45) is 0 Å². The zero-order valence-corrected chi connectivity index (χ0v) is 12.3. The van der Waals surface area contributed by atoms with Crippen LogP contribution in [0.3, 0.4) is 0 Å². The van der Waals surface area contributed by atoms with Crippen LogP contribution in [0.5, 0.6) is 5.88 Å². The summed E-state index contributed by atoms with van der Waals surface area (Å²) in [6.07, 6.45) is 4.05. The standard InChI is InChI=1S/C16H17N3O3/c1-11-3-2-6-18-15(11)19-16(20)12-4-7-17-14(9-12)22-13-5-8-21-10-13/h2-4,6-7,9,13H,5,8,10H2,1H3,(H,18,19,20). The third-order valence-electron chi connectivity index (χ3n) is 3.41. The highest BCUT2D eigenvalue weighted by Crippen LogP contribution is 2.17. The molecule has 0 spiro atoms. The lowest BCUT2D eigenvalue weighted by molar-refractivity contribution is 0.102. The number of anilines is 1. The van der Waals surface area contributed by atoms with Gasteiger partial charge in [-0.3, -0.25) is 4.79 Å². The maximum absolute atomic E-state index is 12.3. The molecule has 22 heavy (non-hydrogen) atoms. The number of hydrogen-bond donors (Lipinski definition) is 1. The van der Waals surface area contributed by atoms with Crippen molar-refractivity contribution in [1.82, 2.24) is 9.97 Å². The van der Waals surface area contributed by atoms with Crippen molar-refractivity contribution in [3.63, 3.8) is 0 Å². The van der Waals surface area contributed by atoms with Crippen molar-refractivity contribution < 1.29 is 14.3 Å². The van der Waals surface area contributed by atoms with Crippen molar-refractivity contribution in [3.05, 3.63) is 47.8 Å². The summed E-state index contributed by atoms with van der Waals surface area (Å²) >= 11 is 0. The predicted molar refractivity (Wildman–Crippen MR) is 81.0 cm³/mol. The average molecular weight is 299 g/mol. The molecule has 6 nitrogen and oxygen atoms in total. The van der Waals surface area contributed by atoms with Crippen LogP contribution < -0.4 is 10.1 Å². The van der Waals surface area contributed by atoms with Crippen LogP contribution in [0.15, 0.2) is 36.7 Å². The molecular formula is C16H17N3O3. The topological polar surface area (TPSA) is 73.3 Å². The van der Waals surface area contributed by atoms with E-state index < -0.39 is 0 Å². The van der Waals surface area contributed by atoms with E-state index in [1.54, 1.807) is 24.5 Å². The Kier molecular flexibility index (Phi) is 4.29. The van der Waals surface area contributed by atoms with Gasteiger partial charge in [0, 0.05) is 30.4 Å². The molecular weight excluding hydrogens is 282 g/mol. The molecule has 0 saturated carbocycles. The zero-order chi connectivity index (χ0) is 15.4. The number of ether oxygens (including phenoxy) is 2. The first-order chi connectivity index (χ1) is 10.7. The van der Waals surface area contributed by atoms with E-state index in [0.29, 0.717) is 30.5 Å². The number of aryl methyl sites for hydroxylation is 1. The second-order valence-corrected chi connectivity index (χ2v) is 5.11. The average Bonchev–Trinajstić information content (AvgIpc) is 3.03. The minimum Gasteiger partial charge on any atom is -0.472 e. The van der Waals surface area contributed by atoms with E-state index in [4.69, 9.17) is 9.47 Å². The fourth-order valence-electron chi connectivity index (χ4n) is 2.19. The van der Waals surface area contributed by atoms with Gasteiger partial charge >= 0.3 is 0 Å². The quantitative estimate of drug-likeness (QED) is 0.937. The van der Waals surface area contributed by atoms with E-state index in [2.05, 4.69) is 15.3 Å². The number of amides is 1. The van der Waals surface area contributed by atoms with Crippen LogP contribution in [-0.2, 0) is 4.74 Å². The fourth-order valence-corrected chi connectivity index (χ4v) is 2.19. The minimum absolute atomic E-state index is 0.00356. The largest absolute Gasteiger partial charge is 0.472 e. The molecule has 114 valence electrons. The van der Waals surface area contributed by atoms with Gasteiger partial charge in [0.25, 0.3) is 5.91 Å². The smallest absolute Gasteiger partial charge is 0.257 e. The van der Waals surface area contributed by atoms with Gasteiger partial charge in [-0.25, -0.2) is 9.97 Å². The second-order valence-electron chi connectivity index (χ2n) is 5.11. The fraction of sp³-hybridized carbons (Fsp3) is 0.312. The molecule has 0 aromatic carbocycles. The molecule has 1 fully saturated rings. The van der Waals surface area contributed by atoms with Crippen molar-refractivity contribution in [3.8, 4) is 5.88 Å². The third-order valence-corrected chi connectivity index (χ3v) is 3.41. The SMILES string of the molecule is Cc1cccnc1NC(=O)c1ccnc(OC2CCOC2)c1. The molecule has 1 unspecified atom stereocenters. The third kappa shape index (κ3) is 3.40. The molecule has 3 heterocycles. The number of rotatable bonds is 4. The lowest BCUT2D eigenvalue weighted by Crippen LogP contribution is -2.18. The van der Waals surface area contributed by atoms with Gasteiger partial charge in [-0.05, 0) is 24.6 Å². The van der Waals surface area contributed by atoms with Gasteiger partial charge in [-0.1, -0.05) is 6.07 Å². The highest BCUT2D eigenvalue weighted by atomic mass is 16.5. The molecule has 1 atom stereocenters. The number of nitrogens with zero attached hydrogens (tertiary/aromatic N) is 2. The van der Waals surface area contributed by atoms with E-state index in [1.165, 1.54) is 0 Å². The van der Waals surface area contributed by atoms with Crippen LogP contribution in [0.25, 0.3) is 0 Å². The molecule has 1 aliphatic rings. The first kappa shape index (κ1) is 14.5. The summed E-state index contributed by atoms with van der Waals surface area (Å²) in [5.74, 6) is 0.744. The van der Waals surface area contributed by atoms with Crippen molar-refractivity contribution in [2.75, 3.05) is 18.5 Å².